The normalized spacial score (nSPS) is 10.6. The summed E-state index contributed by atoms with van der Waals surface area (Å²) in [6.45, 7) is 2.03. The Bertz CT molecular complexity index is 570. The molecule has 0 bridgehead atoms. The molecule has 0 aromatic heterocycles. The minimum atomic E-state index is -0.398. The lowest BCUT2D eigenvalue weighted by Crippen LogP contribution is -2.21. The molecule has 0 aliphatic rings. The Kier molecular flexibility index (Phi) is 6.41. The van der Waals surface area contributed by atoms with E-state index in [1.54, 1.807) is 30.3 Å². The van der Waals surface area contributed by atoms with E-state index in [1.165, 1.54) is 0 Å². The summed E-state index contributed by atoms with van der Waals surface area (Å²) in [4.78, 5) is 11.6. The van der Waals surface area contributed by atoms with Gasteiger partial charge in [-0.1, -0.05) is 13.3 Å². The second-order valence-electron chi connectivity index (χ2n) is 4.33. The van der Waals surface area contributed by atoms with E-state index in [-0.39, 0.29) is 11.6 Å². The summed E-state index contributed by atoms with van der Waals surface area (Å²) in [5.41, 5.74) is 8.92. The Labute approximate surface area is 123 Å². The highest BCUT2D eigenvalue weighted by atomic mass is 16.1. The summed E-state index contributed by atoms with van der Waals surface area (Å²) in [7, 11) is 0. The van der Waals surface area contributed by atoms with Crippen LogP contribution in [-0.4, -0.2) is 17.5 Å². The molecule has 0 radical (unpaired) electrons. The van der Waals surface area contributed by atoms with Crippen LogP contribution in [0.2, 0.25) is 0 Å². The van der Waals surface area contributed by atoms with Gasteiger partial charge < -0.3 is 11.1 Å². The lowest BCUT2D eigenvalue weighted by molar-refractivity contribution is -0.116. The number of nitrogens with two attached hydrogens (primary N) is 1. The number of amides is 1. The van der Waals surface area contributed by atoms with E-state index in [1.807, 2.05) is 6.92 Å². The first-order valence-corrected chi connectivity index (χ1v) is 6.55. The van der Waals surface area contributed by atoms with Crippen molar-refractivity contribution in [2.75, 3.05) is 10.7 Å². The second kappa shape index (κ2) is 8.32. The minimum absolute atomic E-state index is 0.0149. The largest absolute Gasteiger partial charge is 0.382 e. The van der Waals surface area contributed by atoms with E-state index < -0.39 is 5.84 Å². The van der Waals surface area contributed by atoms with Gasteiger partial charge in [0, 0.05) is 12.1 Å². The number of nitrogens with zero attached hydrogens (tertiary/aromatic N) is 2. The second-order valence-corrected chi connectivity index (χ2v) is 4.33. The predicted octanol–water partition coefficient (Wildman–Crippen LogP) is 2.04. The number of nitriles is 1. The molecule has 1 rings (SSSR count). The maximum absolute atomic E-state index is 11.6. The van der Waals surface area contributed by atoms with Gasteiger partial charge in [0.1, 0.15) is 6.07 Å². The zero-order valence-corrected chi connectivity index (χ0v) is 11.8. The Morgan fingerprint density at radius 3 is 2.52 bits per heavy atom. The van der Waals surface area contributed by atoms with Crippen molar-refractivity contribution in [1.82, 2.24) is 0 Å². The number of rotatable bonds is 7. The average Bonchev–Trinajstić information content (AvgIpc) is 2.47. The van der Waals surface area contributed by atoms with Gasteiger partial charge in [-0.3, -0.25) is 15.6 Å². The van der Waals surface area contributed by atoms with Gasteiger partial charge >= 0.3 is 0 Å². The molecule has 7 nitrogen and oxygen atoms in total. The summed E-state index contributed by atoms with van der Waals surface area (Å²) in [5.74, 6) is -0.413. The first kappa shape index (κ1) is 16.2. The molecular formula is C14H18N6O. The number of unbranched alkanes of at least 4 members (excludes halogenated alkanes) is 1. The van der Waals surface area contributed by atoms with Gasteiger partial charge in [-0.25, -0.2) is 0 Å². The fourth-order valence-corrected chi connectivity index (χ4v) is 1.45. The fraction of sp³-hybridized carbons (Fsp3) is 0.286. The van der Waals surface area contributed by atoms with Crippen molar-refractivity contribution in [3.05, 3.63) is 24.3 Å². The lowest BCUT2D eigenvalue weighted by atomic mass is 10.2. The summed E-state index contributed by atoms with van der Waals surface area (Å²) in [5, 5.41) is 22.3. The van der Waals surface area contributed by atoms with Crippen molar-refractivity contribution in [2.45, 2.75) is 26.2 Å². The molecule has 0 aliphatic heterocycles. The number of amidine groups is 1. The van der Waals surface area contributed by atoms with Crippen molar-refractivity contribution in [1.29, 1.82) is 10.7 Å². The van der Waals surface area contributed by atoms with Crippen LogP contribution < -0.4 is 16.5 Å². The van der Waals surface area contributed by atoms with Crippen LogP contribution in [-0.2, 0) is 4.79 Å². The zero-order valence-electron chi connectivity index (χ0n) is 11.8. The van der Waals surface area contributed by atoms with Gasteiger partial charge in [-0.2, -0.15) is 10.4 Å². The molecule has 0 heterocycles. The Balaban J connectivity index is 2.60. The van der Waals surface area contributed by atoms with Crippen molar-refractivity contribution < 1.29 is 4.79 Å². The van der Waals surface area contributed by atoms with Crippen molar-refractivity contribution in [3.63, 3.8) is 0 Å². The molecule has 7 heteroatoms. The van der Waals surface area contributed by atoms with Gasteiger partial charge in [0.15, 0.2) is 5.84 Å². The first-order valence-electron chi connectivity index (χ1n) is 6.55. The molecule has 0 atom stereocenters. The number of carbonyl (C=O) groups excluding carboxylic acids is 1. The number of nitrogens with one attached hydrogen (secondary N) is 3. The molecule has 0 saturated carbocycles. The maximum atomic E-state index is 11.6. The smallest absolute Gasteiger partial charge is 0.224 e. The molecule has 0 saturated heterocycles. The third-order valence-corrected chi connectivity index (χ3v) is 2.58. The van der Waals surface area contributed by atoms with Crippen molar-refractivity contribution in [3.8, 4) is 6.07 Å². The van der Waals surface area contributed by atoms with Crippen LogP contribution in [0.15, 0.2) is 29.4 Å². The van der Waals surface area contributed by atoms with Crippen LogP contribution in [0, 0.1) is 16.7 Å². The molecule has 1 amide bonds. The molecule has 5 N–H and O–H groups in total. The molecule has 1 aromatic carbocycles. The van der Waals surface area contributed by atoms with E-state index >= 15 is 0 Å². The summed E-state index contributed by atoms with van der Waals surface area (Å²) in [6, 6.07) is 8.56. The van der Waals surface area contributed by atoms with Gasteiger partial charge in [0.2, 0.25) is 11.6 Å². The number of anilines is 2. The van der Waals surface area contributed by atoms with Gasteiger partial charge in [-0.05, 0) is 30.7 Å². The van der Waals surface area contributed by atoms with E-state index in [4.69, 9.17) is 16.4 Å². The summed E-state index contributed by atoms with van der Waals surface area (Å²) in [6.07, 6.45) is 2.35. The zero-order chi connectivity index (χ0) is 15.7. The number of benzene rings is 1. The Hall–Kier alpha value is -2.88. The average molecular weight is 286 g/mol. The van der Waals surface area contributed by atoms with Crippen molar-refractivity contribution in [2.24, 2.45) is 10.8 Å². The maximum Gasteiger partial charge on any atom is 0.224 e. The Morgan fingerprint density at radius 1 is 1.38 bits per heavy atom. The number of hydrogen-bond donors (Lipinski definition) is 4. The molecule has 21 heavy (non-hydrogen) atoms. The standard InChI is InChI=1S/C14H18N6O/c1-2-3-4-13(21)18-10-5-7-11(8-6-10)19-20-12(9-15)14(16)17/h5-8,19H,2-4H2,1H3,(H3,16,17)(H,18,21)/b20-12+. The van der Waals surface area contributed by atoms with Gasteiger partial charge in [-0.15, -0.1) is 0 Å². The monoisotopic (exact) mass is 286 g/mol. The van der Waals surface area contributed by atoms with Crippen molar-refractivity contribution >= 4 is 28.8 Å². The van der Waals surface area contributed by atoms with Crippen LogP contribution in [0.4, 0.5) is 11.4 Å². The van der Waals surface area contributed by atoms with E-state index in [0.717, 1.165) is 12.8 Å². The van der Waals surface area contributed by atoms with Gasteiger partial charge in [0.25, 0.3) is 0 Å². The fourth-order valence-electron chi connectivity index (χ4n) is 1.45. The minimum Gasteiger partial charge on any atom is -0.382 e. The number of hydrazone groups is 1. The summed E-state index contributed by atoms with van der Waals surface area (Å²) < 4.78 is 0. The van der Waals surface area contributed by atoms with E-state index in [2.05, 4.69) is 15.8 Å². The van der Waals surface area contributed by atoms with Crippen LogP contribution in [0.25, 0.3) is 0 Å². The van der Waals surface area contributed by atoms with E-state index in [0.29, 0.717) is 17.8 Å². The quantitative estimate of drug-likeness (QED) is 0.347. The number of hydrogen-bond acceptors (Lipinski definition) is 5. The highest BCUT2D eigenvalue weighted by Crippen LogP contribution is 2.14. The highest BCUT2D eigenvalue weighted by Gasteiger charge is 2.02. The molecule has 0 fully saturated rings. The van der Waals surface area contributed by atoms with Crippen LogP contribution >= 0.6 is 0 Å². The third-order valence-electron chi connectivity index (χ3n) is 2.58. The molecule has 0 aliphatic carbocycles. The molecule has 0 spiro atoms. The third kappa shape index (κ3) is 5.74. The SMILES string of the molecule is CCCCC(=O)Nc1ccc(N/N=C(\C#N)C(=N)N)cc1. The topological polar surface area (TPSA) is 127 Å². The molecule has 0 unspecified atom stereocenters. The summed E-state index contributed by atoms with van der Waals surface area (Å²) >= 11 is 0. The molecule has 1 aromatic rings. The predicted molar refractivity (Wildman–Crippen MR) is 83.2 cm³/mol. The lowest BCUT2D eigenvalue weighted by Gasteiger charge is -2.06. The Morgan fingerprint density at radius 2 is 2.00 bits per heavy atom. The number of carbonyl (C=O) groups is 1. The van der Waals surface area contributed by atoms with Crippen LogP contribution in [0.1, 0.15) is 26.2 Å². The van der Waals surface area contributed by atoms with Gasteiger partial charge in [0.05, 0.1) is 5.69 Å². The van der Waals surface area contributed by atoms with Crippen LogP contribution in [0.5, 0.6) is 0 Å². The highest BCUT2D eigenvalue weighted by molar-refractivity contribution is 6.45. The van der Waals surface area contributed by atoms with Crippen LogP contribution in [0.3, 0.4) is 0 Å². The first-order chi connectivity index (χ1) is 10.1. The molecular weight excluding hydrogens is 268 g/mol. The molecule has 110 valence electrons. The van der Waals surface area contributed by atoms with E-state index in [9.17, 15) is 4.79 Å².